The van der Waals surface area contributed by atoms with Gasteiger partial charge in [-0.05, 0) is 36.5 Å². The largest absolute Gasteiger partial charge is 0.348 e. The molecule has 0 saturated heterocycles. The lowest BCUT2D eigenvalue weighted by Crippen LogP contribution is -2.41. The van der Waals surface area contributed by atoms with Crippen LogP contribution >= 0.6 is 0 Å². The molecular formula is C22H23N3O5. The van der Waals surface area contributed by atoms with E-state index in [0.29, 0.717) is 5.92 Å². The predicted molar refractivity (Wildman–Crippen MR) is 110 cm³/mol. The molecule has 0 saturated carbocycles. The van der Waals surface area contributed by atoms with Crippen molar-refractivity contribution < 1.29 is 19.3 Å². The third kappa shape index (κ3) is 4.22. The van der Waals surface area contributed by atoms with Gasteiger partial charge in [-0.1, -0.05) is 44.2 Å². The van der Waals surface area contributed by atoms with Crippen molar-refractivity contribution >= 4 is 23.4 Å². The van der Waals surface area contributed by atoms with Crippen LogP contribution in [0.4, 0.5) is 5.69 Å². The zero-order valence-corrected chi connectivity index (χ0v) is 17.0. The number of carbonyl (C=O) groups is 3. The maximum atomic E-state index is 12.6. The number of nitro benzene ring substituents is 1. The summed E-state index contributed by atoms with van der Waals surface area (Å²) in [6.07, 6.45) is 0.965. The molecule has 1 aliphatic rings. The van der Waals surface area contributed by atoms with Crippen LogP contribution < -0.4 is 5.32 Å². The van der Waals surface area contributed by atoms with Gasteiger partial charge < -0.3 is 5.32 Å². The third-order valence-electron chi connectivity index (χ3n) is 4.98. The van der Waals surface area contributed by atoms with Crippen LogP contribution in [0, 0.1) is 16.0 Å². The van der Waals surface area contributed by atoms with Crippen LogP contribution in [0.3, 0.4) is 0 Å². The molecule has 156 valence electrons. The number of hydrogen-bond donors (Lipinski definition) is 1. The van der Waals surface area contributed by atoms with E-state index in [1.54, 1.807) is 0 Å². The van der Waals surface area contributed by atoms with E-state index < -0.39 is 34.9 Å². The molecule has 0 spiro atoms. The molecule has 0 fully saturated rings. The molecule has 3 rings (SSSR count). The zero-order chi connectivity index (χ0) is 22.0. The molecule has 0 aliphatic carbocycles. The molecule has 0 radical (unpaired) electrons. The Morgan fingerprint density at radius 2 is 1.73 bits per heavy atom. The molecule has 1 aliphatic heterocycles. The Balaban J connectivity index is 1.68. The SMILES string of the molecule is CC(C)Cc1ccc([C@H](C)NC(=O)CN2C(=O)c3cccc([N+](=O)[O-])c3C2=O)cc1. The molecule has 1 heterocycles. The highest BCUT2D eigenvalue weighted by molar-refractivity contribution is 6.24. The highest BCUT2D eigenvalue weighted by atomic mass is 16.6. The van der Waals surface area contributed by atoms with E-state index in [-0.39, 0.29) is 17.2 Å². The van der Waals surface area contributed by atoms with Gasteiger partial charge in [-0.25, -0.2) is 0 Å². The first-order valence-electron chi connectivity index (χ1n) is 9.70. The van der Waals surface area contributed by atoms with E-state index in [0.717, 1.165) is 16.9 Å². The minimum absolute atomic E-state index is 0.0595. The molecule has 2 aromatic carbocycles. The molecule has 1 N–H and O–H groups in total. The van der Waals surface area contributed by atoms with Crippen LogP contribution in [0.25, 0.3) is 0 Å². The molecule has 2 aromatic rings. The molecular weight excluding hydrogens is 386 g/mol. The van der Waals surface area contributed by atoms with Gasteiger partial charge >= 0.3 is 0 Å². The lowest BCUT2D eigenvalue weighted by Gasteiger charge is -2.18. The summed E-state index contributed by atoms with van der Waals surface area (Å²) in [5, 5.41) is 13.9. The summed E-state index contributed by atoms with van der Waals surface area (Å²) in [4.78, 5) is 48.7. The average Bonchev–Trinajstić information content (AvgIpc) is 2.93. The third-order valence-corrected chi connectivity index (χ3v) is 4.98. The Hall–Kier alpha value is -3.55. The summed E-state index contributed by atoms with van der Waals surface area (Å²) >= 11 is 0. The van der Waals surface area contributed by atoms with Crippen LogP contribution in [0.1, 0.15) is 58.7 Å². The van der Waals surface area contributed by atoms with Gasteiger partial charge in [-0.2, -0.15) is 0 Å². The van der Waals surface area contributed by atoms with Gasteiger partial charge in [-0.15, -0.1) is 0 Å². The van der Waals surface area contributed by atoms with Crippen molar-refractivity contribution in [2.45, 2.75) is 33.2 Å². The van der Waals surface area contributed by atoms with E-state index in [4.69, 9.17) is 0 Å². The number of imide groups is 1. The van der Waals surface area contributed by atoms with Crippen molar-refractivity contribution in [3.63, 3.8) is 0 Å². The second kappa shape index (κ2) is 8.44. The van der Waals surface area contributed by atoms with E-state index in [2.05, 4.69) is 19.2 Å². The number of benzene rings is 2. The molecule has 30 heavy (non-hydrogen) atoms. The smallest absolute Gasteiger partial charge is 0.282 e. The molecule has 8 nitrogen and oxygen atoms in total. The molecule has 8 heteroatoms. The molecule has 0 aromatic heterocycles. The summed E-state index contributed by atoms with van der Waals surface area (Å²) < 4.78 is 0. The summed E-state index contributed by atoms with van der Waals surface area (Å²) in [6, 6.07) is 11.4. The Morgan fingerprint density at radius 3 is 2.33 bits per heavy atom. The quantitative estimate of drug-likeness (QED) is 0.429. The van der Waals surface area contributed by atoms with Crippen LogP contribution in [0.15, 0.2) is 42.5 Å². The van der Waals surface area contributed by atoms with Crippen LogP contribution in [-0.4, -0.2) is 34.1 Å². The topological polar surface area (TPSA) is 110 Å². The Bertz CT molecular complexity index is 1010. The van der Waals surface area contributed by atoms with E-state index >= 15 is 0 Å². The van der Waals surface area contributed by atoms with Crippen molar-refractivity contribution in [2.24, 2.45) is 5.92 Å². The van der Waals surface area contributed by atoms with Gasteiger partial charge in [-0.3, -0.25) is 29.4 Å². The Morgan fingerprint density at radius 1 is 1.07 bits per heavy atom. The second-order valence-electron chi connectivity index (χ2n) is 7.78. The number of fused-ring (bicyclic) bond motifs is 1. The van der Waals surface area contributed by atoms with Crippen molar-refractivity contribution in [1.82, 2.24) is 10.2 Å². The molecule has 0 bridgehead atoms. The Labute approximate surface area is 174 Å². The highest BCUT2D eigenvalue weighted by Gasteiger charge is 2.41. The molecule has 0 unspecified atom stereocenters. The number of nitrogens with one attached hydrogen (secondary N) is 1. The van der Waals surface area contributed by atoms with E-state index in [9.17, 15) is 24.5 Å². The standard InChI is InChI=1S/C22H23N3O5/c1-13(2)11-15-7-9-16(10-8-15)14(3)23-19(26)12-24-21(27)17-5-4-6-18(25(29)30)20(17)22(24)28/h4-10,13-14H,11-12H2,1-3H3,(H,23,26)/t14-/m0/s1. The molecule has 1 atom stereocenters. The number of amides is 3. The first kappa shape index (κ1) is 21.2. The zero-order valence-electron chi connectivity index (χ0n) is 17.0. The van der Waals surface area contributed by atoms with Crippen LogP contribution in [-0.2, 0) is 11.2 Å². The van der Waals surface area contributed by atoms with Gasteiger partial charge in [0.05, 0.1) is 16.5 Å². The number of nitrogens with zero attached hydrogens (tertiary/aromatic N) is 2. The number of hydrogen-bond acceptors (Lipinski definition) is 5. The number of nitro groups is 1. The predicted octanol–water partition coefficient (Wildman–Crippen LogP) is 3.27. The minimum Gasteiger partial charge on any atom is -0.348 e. The number of rotatable bonds is 7. The minimum atomic E-state index is -0.830. The van der Waals surface area contributed by atoms with Crippen LogP contribution in [0.5, 0.6) is 0 Å². The van der Waals surface area contributed by atoms with Gasteiger partial charge in [0.1, 0.15) is 12.1 Å². The van der Waals surface area contributed by atoms with Crippen molar-refractivity contribution in [1.29, 1.82) is 0 Å². The van der Waals surface area contributed by atoms with Gasteiger partial charge in [0, 0.05) is 6.07 Å². The summed E-state index contributed by atoms with van der Waals surface area (Å²) in [5.41, 5.74) is 1.34. The first-order valence-corrected chi connectivity index (χ1v) is 9.70. The monoisotopic (exact) mass is 409 g/mol. The van der Waals surface area contributed by atoms with Gasteiger partial charge in [0.15, 0.2) is 0 Å². The van der Waals surface area contributed by atoms with Crippen molar-refractivity contribution in [3.05, 3.63) is 74.8 Å². The fourth-order valence-corrected chi connectivity index (χ4v) is 3.54. The van der Waals surface area contributed by atoms with E-state index in [1.165, 1.54) is 23.8 Å². The summed E-state index contributed by atoms with van der Waals surface area (Å²) in [7, 11) is 0. The fourth-order valence-electron chi connectivity index (χ4n) is 3.54. The maximum absolute atomic E-state index is 12.6. The Kier molecular flexibility index (Phi) is 5.96. The normalized spacial score (nSPS) is 14.1. The maximum Gasteiger partial charge on any atom is 0.282 e. The average molecular weight is 409 g/mol. The summed E-state index contributed by atoms with van der Waals surface area (Å²) in [6.45, 7) is 5.59. The van der Waals surface area contributed by atoms with Gasteiger partial charge in [0.25, 0.3) is 17.5 Å². The lowest BCUT2D eigenvalue weighted by atomic mass is 10.00. The van der Waals surface area contributed by atoms with Crippen molar-refractivity contribution in [3.8, 4) is 0 Å². The highest BCUT2D eigenvalue weighted by Crippen LogP contribution is 2.30. The second-order valence-corrected chi connectivity index (χ2v) is 7.78. The fraction of sp³-hybridized carbons (Fsp3) is 0.318. The summed E-state index contributed by atoms with van der Waals surface area (Å²) in [5.74, 6) is -1.52. The number of carbonyl (C=O) groups excluding carboxylic acids is 3. The molecule has 3 amide bonds. The lowest BCUT2D eigenvalue weighted by molar-refractivity contribution is -0.385. The van der Waals surface area contributed by atoms with Gasteiger partial charge in [0.2, 0.25) is 5.91 Å². The van der Waals surface area contributed by atoms with E-state index in [1.807, 2.05) is 31.2 Å². The van der Waals surface area contributed by atoms with Crippen LogP contribution in [0.2, 0.25) is 0 Å². The first-order chi connectivity index (χ1) is 14.2. The van der Waals surface area contributed by atoms with Crippen molar-refractivity contribution in [2.75, 3.05) is 6.54 Å².